The SMILES string of the molecule is O=C(CON1CCN(c2cc(F)c(Cl)c(F)c2)CC1)Nc1ccc2[nH]c(=O)ccc2c1. The molecular weight excluding hydrogens is 430 g/mol. The normalized spacial score (nSPS) is 14.7. The summed E-state index contributed by atoms with van der Waals surface area (Å²) in [7, 11) is 0. The number of benzene rings is 2. The lowest BCUT2D eigenvalue weighted by molar-refractivity contribution is -0.169. The molecule has 1 fully saturated rings. The van der Waals surface area contributed by atoms with Gasteiger partial charge in [-0.05, 0) is 36.4 Å². The number of aromatic amines is 1. The zero-order valence-electron chi connectivity index (χ0n) is 16.3. The van der Waals surface area contributed by atoms with Crippen LogP contribution in [0.25, 0.3) is 10.9 Å². The van der Waals surface area contributed by atoms with Gasteiger partial charge in [-0.2, -0.15) is 5.06 Å². The fourth-order valence-electron chi connectivity index (χ4n) is 3.38. The number of carbonyl (C=O) groups is 1. The lowest BCUT2D eigenvalue weighted by Gasteiger charge is -2.35. The molecule has 162 valence electrons. The van der Waals surface area contributed by atoms with E-state index in [0.29, 0.717) is 43.1 Å². The van der Waals surface area contributed by atoms with Gasteiger partial charge in [-0.1, -0.05) is 11.6 Å². The number of nitrogens with zero attached hydrogens (tertiary/aromatic N) is 2. The van der Waals surface area contributed by atoms with Gasteiger partial charge in [0.1, 0.15) is 23.3 Å². The van der Waals surface area contributed by atoms with Crippen molar-refractivity contribution in [2.75, 3.05) is 43.0 Å². The second kappa shape index (κ2) is 9.01. The van der Waals surface area contributed by atoms with Crippen molar-refractivity contribution in [2.24, 2.45) is 0 Å². The van der Waals surface area contributed by atoms with Crippen molar-refractivity contribution >= 4 is 39.8 Å². The van der Waals surface area contributed by atoms with Crippen LogP contribution < -0.4 is 15.8 Å². The summed E-state index contributed by atoms with van der Waals surface area (Å²) >= 11 is 5.53. The van der Waals surface area contributed by atoms with E-state index in [1.807, 2.05) is 4.90 Å². The lowest BCUT2D eigenvalue weighted by Crippen LogP contribution is -2.47. The highest BCUT2D eigenvalue weighted by atomic mass is 35.5. The molecule has 1 saturated heterocycles. The number of hydrogen-bond acceptors (Lipinski definition) is 5. The molecular formula is C21H19ClF2N4O3. The summed E-state index contributed by atoms with van der Waals surface area (Å²) < 4.78 is 27.3. The Morgan fingerprint density at radius 2 is 1.77 bits per heavy atom. The molecule has 2 N–H and O–H groups in total. The summed E-state index contributed by atoms with van der Waals surface area (Å²) in [5.41, 5.74) is 1.49. The Kier molecular flexibility index (Phi) is 6.17. The average Bonchev–Trinajstić information content (AvgIpc) is 2.76. The first-order chi connectivity index (χ1) is 14.9. The number of fused-ring (bicyclic) bond motifs is 1. The van der Waals surface area contributed by atoms with Crippen molar-refractivity contribution in [3.05, 3.63) is 69.5 Å². The van der Waals surface area contributed by atoms with E-state index in [4.69, 9.17) is 16.4 Å². The molecule has 0 atom stereocenters. The molecule has 0 spiro atoms. The minimum absolute atomic E-state index is 0.173. The van der Waals surface area contributed by atoms with Crippen molar-refractivity contribution in [1.29, 1.82) is 0 Å². The van der Waals surface area contributed by atoms with Crippen LogP contribution in [-0.2, 0) is 9.63 Å². The van der Waals surface area contributed by atoms with Gasteiger partial charge in [-0.3, -0.25) is 14.4 Å². The number of halogens is 3. The first-order valence-electron chi connectivity index (χ1n) is 9.59. The average molecular weight is 449 g/mol. The number of H-pyrrole nitrogens is 1. The van der Waals surface area contributed by atoms with Gasteiger partial charge in [0.2, 0.25) is 5.56 Å². The fraction of sp³-hybridized carbons (Fsp3) is 0.238. The van der Waals surface area contributed by atoms with E-state index in [9.17, 15) is 18.4 Å². The van der Waals surface area contributed by atoms with Crippen LogP contribution in [0.1, 0.15) is 0 Å². The van der Waals surface area contributed by atoms with E-state index in [1.54, 1.807) is 29.3 Å². The van der Waals surface area contributed by atoms with Crippen LogP contribution in [-0.4, -0.2) is 48.7 Å². The van der Waals surface area contributed by atoms with Crippen molar-refractivity contribution in [2.45, 2.75) is 0 Å². The van der Waals surface area contributed by atoms with E-state index in [0.717, 1.165) is 5.39 Å². The van der Waals surface area contributed by atoms with E-state index in [2.05, 4.69) is 10.3 Å². The molecule has 7 nitrogen and oxygen atoms in total. The molecule has 0 saturated carbocycles. The van der Waals surface area contributed by atoms with Gasteiger partial charge < -0.3 is 15.2 Å². The van der Waals surface area contributed by atoms with E-state index >= 15 is 0 Å². The van der Waals surface area contributed by atoms with Gasteiger partial charge in [0.15, 0.2) is 0 Å². The van der Waals surface area contributed by atoms with Crippen LogP contribution in [0.15, 0.2) is 47.3 Å². The molecule has 1 aliphatic heterocycles. The Morgan fingerprint density at radius 3 is 2.48 bits per heavy atom. The number of aromatic nitrogens is 1. The quantitative estimate of drug-likeness (QED) is 0.586. The predicted octanol–water partition coefficient (Wildman–Crippen LogP) is 3.15. The van der Waals surface area contributed by atoms with E-state index in [1.165, 1.54) is 18.2 Å². The van der Waals surface area contributed by atoms with Crippen LogP contribution in [0, 0.1) is 11.6 Å². The first-order valence-corrected chi connectivity index (χ1v) is 9.97. The maximum atomic E-state index is 13.7. The monoisotopic (exact) mass is 448 g/mol. The summed E-state index contributed by atoms with van der Waals surface area (Å²) in [6.07, 6.45) is 0. The number of nitrogens with one attached hydrogen (secondary N) is 2. The Balaban J connectivity index is 1.27. The number of pyridine rings is 1. The standard InChI is InChI=1S/C21H19ClF2N4O3/c22-21-16(23)10-15(11-17(21)24)27-5-7-28(8-6-27)31-12-20(30)25-14-2-3-18-13(9-14)1-4-19(29)26-18/h1-4,9-11H,5-8,12H2,(H,25,30)(H,26,29). The highest BCUT2D eigenvalue weighted by Gasteiger charge is 2.21. The maximum Gasteiger partial charge on any atom is 0.252 e. The highest BCUT2D eigenvalue weighted by Crippen LogP contribution is 2.26. The fourth-order valence-corrected chi connectivity index (χ4v) is 3.49. The molecule has 0 unspecified atom stereocenters. The summed E-state index contributed by atoms with van der Waals surface area (Å²) in [5.74, 6) is -1.92. The number of rotatable bonds is 5. The zero-order chi connectivity index (χ0) is 22.0. The van der Waals surface area contributed by atoms with Crippen LogP contribution in [0.5, 0.6) is 0 Å². The third-order valence-electron chi connectivity index (χ3n) is 4.96. The maximum absolute atomic E-state index is 13.7. The Bertz CT molecular complexity index is 1160. The molecule has 0 bridgehead atoms. The molecule has 3 aromatic rings. The number of hydrogen-bond donors (Lipinski definition) is 2. The molecule has 1 aromatic heterocycles. The number of piperazine rings is 1. The molecule has 0 radical (unpaired) electrons. The zero-order valence-corrected chi connectivity index (χ0v) is 17.1. The van der Waals surface area contributed by atoms with Gasteiger partial charge >= 0.3 is 0 Å². The molecule has 2 aromatic carbocycles. The van der Waals surface area contributed by atoms with Gasteiger partial charge in [0.05, 0.1) is 0 Å². The van der Waals surface area contributed by atoms with Crippen LogP contribution in [0.2, 0.25) is 5.02 Å². The summed E-state index contributed by atoms with van der Waals surface area (Å²) in [5, 5.41) is 4.67. The third kappa shape index (κ3) is 5.01. The lowest BCUT2D eigenvalue weighted by atomic mass is 10.2. The van der Waals surface area contributed by atoms with Crippen LogP contribution >= 0.6 is 11.6 Å². The summed E-state index contributed by atoms with van der Waals surface area (Å²) in [6, 6.07) is 10.7. The molecule has 1 aliphatic rings. The highest BCUT2D eigenvalue weighted by molar-refractivity contribution is 6.31. The second-order valence-electron chi connectivity index (χ2n) is 7.09. The van der Waals surface area contributed by atoms with Crippen LogP contribution in [0.3, 0.4) is 0 Å². The Labute approximate surface area is 181 Å². The number of carbonyl (C=O) groups excluding carboxylic acids is 1. The van der Waals surface area contributed by atoms with Crippen molar-refractivity contribution < 1.29 is 18.4 Å². The third-order valence-corrected chi connectivity index (χ3v) is 5.32. The molecule has 0 aliphatic carbocycles. The minimum atomic E-state index is -0.799. The van der Waals surface area contributed by atoms with E-state index in [-0.39, 0.29) is 18.1 Å². The number of anilines is 2. The van der Waals surface area contributed by atoms with E-state index < -0.39 is 16.7 Å². The largest absolute Gasteiger partial charge is 0.369 e. The predicted molar refractivity (Wildman–Crippen MR) is 114 cm³/mol. The molecule has 1 amide bonds. The van der Waals surface area contributed by atoms with Crippen LogP contribution in [0.4, 0.5) is 20.2 Å². The molecule has 31 heavy (non-hydrogen) atoms. The topological polar surface area (TPSA) is 77.7 Å². The summed E-state index contributed by atoms with van der Waals surface area (Å²) in [4.78, 5) is 33.6. The van der Waals surface area contributed by atoms with Crippen molar-refractivity contribution in [3.8, 4) is 0 Å². The van der Waals surface area contributed by atoms with Gasteiger partial charge in [0.25, 0.3) is 5.91 Å². The molecule has 4 rings (SSSR count). The Morgan fingerprint density at radius 1 is 1.06 bits per heavy atom. The summed E-state index contributed by atoms with van der Waals surface area (Å²) in [6.45, 7) is 1.70. The number of amides is 1. The minimum Gasteiger partial charge on any atom is -0.369 e. The first kappa shape index (κ1) is 21.2. The van der Waals surface area contributed by atoms with Crippen molar-refractivity contribution in [1.82, 2.24) is 10.0 Å². The second-order valence-corrected chi connectivity index (χ2v) is 7.46. The van der Waals surface area contributed by atoms with Gasteiger partial charge in [0, 0.05) is 54.5 Å². The smallest absolute Gasteiger partial charge is 0.252 e. The number of hydroxylamine groups is 2. The molecule has 2 heterocycles. The van der Waals surface area contributed by atoms with Gasteiger partial charge in [-0.25, -0.2) is 8.78 Å². The Hall–Kier alpha value is -3.01. The van der Waals surface area contributed by atoms with Crippen molar-refractivity contribution in [3.63, 3.8) is 0 Å². The van der Waals surface area contributed by atoms with Gasteiger partial charge in [-0.15, -0.1) is 0 Å². The molecule has 10 heteroatoms.